The lowest BCUT2D eigenvalue weighted by Gasteiger charge is -2.09. The van der Waals surface area contributed by atoms with E-state index in [1.54, 1.807) is 0 Å². The van der Waals surface area contributed by atoms with Gasteiger partial charge in [-0.15, -0.1) is 0 Å². The maximum atomic E-state index is 4.74. The summed E-state index contributed by atoms with van der Waals surface area (Å²) in [5.41, 5.74) is 4.61. The van der Waals surface area contributed by atoms with Gasteiger partial charge in [0, 0.05) is 32.8 Å². The molecule has 0 atom stereocenters. The summed E-state index contributed by atoms with van der Waals surface area (Å²) in [6.07, 6.45) is 4.02. The first-order chi connectivity index (χ1) is 9.15. The molecule has 0 amide bonds. The van der Waals surface area contributed by atoms with Crippen LogP contribution in [0.4, 0.5) is 0 Å². The fourth-order valence-electron chi connectivity index (χ4n) is 2.01. The second-order valence-corrected chi connectivity index (χ2v) is 5.98. The van der Waals surface area contributed by atoms with Gasteiger partial charge in [0.25, 0.3) is 0 Å². The Morgan fingerprint density at radius 2 is 2.05 bits per heavy atom. The maximum absolute atomic E-state index is 4.74. The summed E-state index contributed by atoms with van der Waals surface area (Å²) < 4.78 is 1.08. The summed E-state index contributed by atoms with van der Waals surface area (Å²) in [4.78, 5) is 9.23. The van der Waals surface area contributed by atoms with E-state index in [0.717, 1.165) is 39.7 Å². The first kappa shape index (κ1) is 14.7. The number of alkyl halides is 1. The van der Waals surface area contributed by atoms with Crippen molar-refractivity contribution < 1.29 is 0 Å². The number of nitrogens with zero attached hydrogens (tertiary/aromatic N) is 2. The molecule has 0 N–H and O–H groups in total. The van der Waals surface area contributed by atoms with Gasteiger partial charge < -0.3 is 0 Å². The molecule has 1 aromatic carbocycles. The quantitative estimate of drug-likeness (QED) is 0.689. The first-order valence-electron chi connectivity index (χ1n) is 6.33. The van der Waals surface area contributed by atoms with Crippen molar-refractivity contribution in [1.29, 1.82) is 0 Å². The van der Waals surface area contributed by atoms with E-state index in [1.807, 2.05) is 12.3 Å². The van der Waals surface area contributed by atoms with Crippen molar-refractivity contribution in [2.24, 2.45) is 0 Å². The van der Waals surface area contributed by atoms with Crippen molar-refractivity contribution in [3.05, 3.63) is 45.7 Å². The predicted molar refractivity (Wildman–Crippen MR) is 86.5 cm³/mol. The molecule has 0 radical (unpaired) electrons. The van der Waals surface area contributed by atoms with Crippen molar-refractivity contribution >= 4 is 31.9 Å². The van der Waals surface area contributed by atoms with Crippen molar-refractivity contribution in [2.45, 2.75) is 32.0 Å². The van der Waals surface area contributed by atoms with Crippen LogP contribution in [0.1, 0.15) is 30.2 Å². The Bertz CT molecular complexity index is 582. The second kappa shape index (κ2) is 6.62. The van der Waals surface area contributed by atoms with Crippen molar-refractivity contribution in [2.75, 3.05) is 0 Å². The maximum Gasteiger partial charge on any atom is 0.159 e. The number of hydrogen-bond acceptors (Lipinski definition) is 2. The molecule has 2 nitrogen and oxygen atoms in total. The molecule has 4 heteroatoms. The minimum atomic E-state index is 0.807. The van der Waals surface area contributed by atoms with E-state index in [1.165, 1.54) is 11.1 Å². The third-order valence-electron chi connectivity index (χ3n) is 3.01. The zero-order chi connectivity index (χ0) is 13.8. The van der Waals surface area contributed by atoms with Gasteiger partial charge in [0.1, 0.15) is 0 Å². The molecule has 2 aromatic rings. The lowest BCUT2D eigenvalue weighted by molar-refractivity contribution is 0.860. The van der Waals surface area contributed by atoms with Gasteiger partial charge in [0.05, 0.1) is 0 Å². The summed E-state index contributed by atoms with van der Waals surface area (Å²) in [6, 6.07) is 6.19. The van der Waals surface area contributed by atoms with Crippen molar-refractivity contribution in [3.8, 4) is 11.4 Å². The van der Waals surface area contributed by atoms with E-state index in [2.05, 4.69) is 62.8 Å². The van der Waals surface area contributed by atoms with Crippen LogP contribution in [-0.2, 0) is 11.8 Å². The lowest BCUT2D eigenvalue weighted by Crippen LogP contribution is -2.01. The van der Waals surface area contributed by atoms with Crippen LogP contribution >= 0.6 is 31.9 Å². The summed E-state index contributed by atoms with van der Waals surface area (Å²) in [5.74, 6) is 0.818. The Kier molecular flexibility index (Phi) is 5.11. The van der Waals surface area contributed by atoms with Crippen LogP contribution in [0.25, 0.3) is 11.4 Å². The molecule has 0 saturated heterocycles. The van der Waals surface area contributed by atoms with E-state index >= 15 is 0 Å². The topological polar surface area (TPSA) is 25.8 Å². The van der Waals surface area contributed by atoms with E-state index in [9.17, 15) is 0 Å². The monoisotopic (exact) mass is 382 g/mol. The minimum absolute atomic E-state index is 0.807. The van der Waals surface area contributed by atoms with Crippen LogP contribution in [-0.4, -0.2) is 9.97 Å². The van der Waals surface area contributed by atoms with Gasteiger partial charge in [-0.3, -0.25) is 0 Å². The number of aromatic nitrogens is 2. The third kappa shape index (κ3) is 3.42. The third-order valence-corrected chi connectivity index (χ3v) is 4.11. The molecule has 0 aliphatic heterocycles. The second-order valence-electron chi connectivity index (χ2n) is 4.51. The van der Waals surface area contributed by atoms with Crippen LogP contribution < -0.4 is 0 Å². The standard InChI is InChI=1S/C15H16Br2N2/c1-3-4-14-11(8-16)9-18-15(19-14)13-6-5-12(17)7-10(13)2/h5-7,9H,3-4,8H2,1-2H3. The zero-order valence-electron chi connectivity index (χ0n) is 11.1. The SMILES string of the molecule is CCCc1nc(-c2ccc(Br)cc2C)ncc1CBr. The van der Waals surface area contributed by atoms with E-state index in [0.29, 0.717) is 0 Å². The van der Waals surface area contributed by atoms with Gasteiger partial charge >= 0.3 is 0 Å². The average molecular weight is 384 g/mol. The molecule has 0 aliphatic carbocycles. The fourth-order valence-corrected chi connectivity index (χ4v) is 2.96. The van der Waals surface area contributed by atoms with Gasteiger partial charge in [-0.05, 0) is 37.1 Å². The van der Waals surface area contributed by atoms with Crippen LogP contribution in [0.15, 0.2) is 28.9 Å². The molecule has 1 heterocycles. The van der Waals surface area contributed by atoms with Gasteiger partial charge in [-0.25, -0.2) is 9.97 Å². The Balaban J connectivity index is 2.47. The van der Waals surface area contributed by atoms with Crippen molar-refractivity contribution in [3.63, 3.8) is 0 Å². The van der Waals surface area contributed by atoms with E-state index in [4.69, 9.17) is 4.98 Å². The largest absolute Gasteiger partial charge is 0.236 e. The molecular weight excluding hydrogens is 368 g/mol. The van der Waals surface area contributed by atoms with Gasteiger partial charge in [-0.2, -0.15) is 0 Å². The highest BCUT2D eigenvalue weighted by Gasteiger charge is 2.09. The Labute approximate surface area is 130 Å². The van der Waals surface area contributed by atoms with Gasteiger partial charge in [0.2, 0.25) is 0 Å². The summed E-state index contributed by atoms with van der Waals surface area (Å²) in [7, 11) is 0. The lowest BCUT2D eigenvalue weighted by atomic mass is 10.1. The van der Waals surface area contributed by atoms with Gasteiger partial charge in [-0.1, -0.05) is 45.2 Å². The average Bonchev–Trinajstić information content (AvgIpc) is 2.39. The molecular formula is C15H16Br2N2. The molecule has 2 rings (SSSR count). The summed E-state index contributed by atoms with van der Waals surface area (Å²) in [6.45, 7) is 4.26. The molecule has 19 heavy (non-hydrogen) atoms. The smallest absolute Gasteiger partial charge is 0.159 e. The van der Waals surface area contributed by atoms with Crippen LogP contribution in [0.3, 0.4) is 0 Å². The van der Waals surface area contributed by atoms with Crippen LogP contribution in [0.2, 0.25) is 0 Å². The van der Waals surface area contributed by atoms with Crippen LogP contribution in [0, 0.1) is 6.92 Å². The number of rotatable bonds is 4. The number of benzene rings is 1. The predicted octanol–water partition coefficient (Wildman–Crippen LogP) is 5.06. The fraction of sp³-hybridized carbons (Fsp3) is 0.333. The molecule has 0 fully saturated rings. The van der Waals surface area contributed by atoms with Gasteiger partial charge in [0.15, 0.2) is 5.82 Å². The number of halogens is 2. The van der Waals surface area contributed by atoms with Crippen LogP contribution in [0.5, 0.6) is 0 Å². The van der Waals surface area contributed by atoms with Crippen molar-refractivity contribution in [1.82, 2.24) is 9.97 Å². The molecule has 0 unspecified atom stereocenters. The molecule has 1 aromatic heterocycles. The molecule has 0 bridgehead atoms. The highest BCUT2D eigenvalue weighted by molar-refractivity contribution is 9.10. The number of hydrogen-bond donors (Lipinski definition) is 0. The Morgan fingerprint density at radius 1 is 1.26 bits per heavy atom. The highest BCUT2D eigenvalue weighted by Crippen LogP contribution is 2.24. The van der Waals surface area contributed by atoms with E-state index < -0.39 is 0 Å². The molecule has 0 spiro atoms. The summed E-state index contributed by atoms with van der Waals surface area (Å²) in [5, 5.41) is 0.807. The number of aryl methyl sites for hydroxylation is 2. The molecule has 0 saturated carbocycles. The Morgan fingerprint density at radius 3 is 2.68 bits per heavy atom. The highest BCUT2D eigenvalue weighted by atomic mass is 79.9. The Hall–Kier alpha value is -0.740. The molecule has 0 aliphatic rings. The zero-order valence-corrected chi connectivity index (χ0v) is 14.3. The minimum Gasteiger partial charge on any atom is -0.236 e. The first-order valence-corrected chi connectivity index (χ1v) is 8.24. The van der Waals surface area contributed by atoms with E-state index in [-0.39, 0.29) is 0 Å². The molecule has 100 valence electrons. The summed E-state index contributed by atoms with van der Waals surface area (Å²) >= 11 is 6.98. The normalized spacial score (nSPS) is 10.7.